The van der Waals surface area contributed by atoms with Gasteiger partial charge in [-0.05, 0) is 42.7 Å². The zero-order valence-corrected chi connectivity index (χ0v) is 17.5. The molecule has 6 heteroatoms. The number of rotatable bonds is 5. The maximum Gasteiger partial charge on any atom is 0.263 e. The van der Waals surface area contributed by atoms with E-state index in [9.17, 15) is 9.59 Å². The molecule has 1 aromatic heterocycles. The monoisotopic (exact) mass is 412 g/mol. The van der Waals surface area contributed by atoms with Gasteiger partial charge in [0.15, 0.2) is 0 Å². The lowest BCUT2D eigenvalue weighted by Crippen LogP contribution is -2.54. The third-order valence-electron chi connectivity index (χ3n) is 5.95. The molecule has 2 aromatic rings. The van der Waals surface area contributed by atoms with E-state index in [0.717, 1.165) is 49.3 Å². The van der Waals surface area contributed by atoms with Gasteiger partial charge in [-0.25, -0.2) is 0 Å². The minimum Gasteiger partial charge on any atom is -0.381 e. The number of hydrogen-bond acceptors (Lipinski definition) is 4. The standard InChI is InChI=1S/C23H28N2O3S/c26-22(17-18-5-2-1-3-6-18)25(20-10-14-28-15-11-20)19-8-12-24(13-9-19)23(27)21-7-4-16-29-21/h1-7,16,19-20H,8-15,17H2. The van der Waals surface area contributed by atoms with Gasteiger partial charge in [0.1, 0.15) is 0 Å². The van der Waals surface area contributed by atoms with E-state index < -0.39 is 0 Å². The molecule has 0 bridgehead atoms. The van der Waals surface area contributed by atoms with Crippen molar-refractivity contribution >= 4 is 23.2 Å². The summed E-state index contributed by atoms with van der Waals surface area (Å²) in [6.45, 7) is 2.85. The van der Waals surface area contributed by atoms with E-state index in [0.29, 0.717) is 19.5 Å². The smallest absolute Gasteiger partial charge is 0.263 e. The maximum atomic E-state index is 13.3. The number of hydrogen-bond donors (Lipinski definition) is 0. The topological polar surface area (TPSA) is 49.9 Å². The average Bonchev–Trinajstić information content (AvgIpc) is 3.30. The SMILES string of the molecule is O=C(c1cccs1)N1CCC(N(C(=O)Cc2ccccc2)C2CCOCC2)CC1. The molecule has 0 N–H and O–H groups in total. The van der Waals surface area contributed by atoms with Crippen LogP contribution in [0.3, 0.4) is 0 Å². The van der Waals surface area contributed by atoms with Crippen LogP contribution in [0.1, 0.15) is 40.9 Å². The van der Waals surface area contributed by atoms with Crippen LogP contribution >= 0.6 is 11.3 Å². The normalized spacial score (nSPS) is 18.6. The second kappa shape index (κ2) is 9.55. The molecule has 0 aliphatic carbocycles. The van der Waals surface area contributed by atoms with E-state index in [-0.39, 0.29) is 23.9 Å². The van der Waals surface area contributed by atoms with E-state index in [4.69, 9.17) is 4.74 Å². The molecule has 1 aromatic carbocycles. The van der Waals surface area contributed by atoms with E-state index in [1.165, 1.54) is 11.3 Å². The summed E-state index contributed by atoms with van der Waals surface area (Å²) in [5, 5.41) is 1.94. The molecule has 0 saturated carbocycles. The Morgan fingerprint density at radius 1 is 0.966 bits per heavy atom. The summed E-state index contributed by atoms with van der Waals surface area (Å²) in [4.78, 5) is 30.8. The van der Waals surface area contributed by atoms with Crippen LogP contribution in [-0.4, -0.2) is 60.0 Å². The quantitative estimate of drug-likeness (QED) is 0.754. The van der Waals surface area contributed by atoms with Crippen LogP contribution in [0.25, 0.3) is 0 Å². The van der Waals surface area contributed by atoms with Gasteiger partial charge in [0.2, 0.25) is 5.91 Å². The molecule has 2 fully saturated rings. The van der Waals surface area contributed by atoms with Crippen molar-refractivity contribution in [2.24, 2.45) is 0 Å². The highest BCUT2D eigenvalue weighted by Crippen LogP contribution is 2.26. The summed E-state index contributed by atoms with van der Waals surface area (Å²) in [5.74, 6) is 0.317. The second-order valence-electron chi connectivity index (χ2n) is 7.81. The first-order valence-electron chi connectivity index (χ1n) is 10.5. The minimum atomic E-state index is 0.117. The first kappa shape index (κ1) is 20.1. The van der Waals surface area contributed by atoms with Crippen LogP contribution in [0, 0.1) is 0 Å². The van der Waals surface area contributed by atoms with Gasteiger partial charge in [-0.3, -0.25) is 9.59 Å². The van der Waals surface area contributed by atoms with Crippen LogP contribution in [0.5, 0.6) is 0 Å². The molecule has 2 saturated heterocycles. The Hall–Kier alpha value is -2.18. The largest absolute Gasteiger partial charge is 0.381 e. The number of carbonyl (C=O) groups is 2. The molecule has 154 valence electrons. The predicted molar refractivity (Wildman–Crippen MR) is 114 cm³/mol. The fraction of sp³-hybridized carbons (Fsp3) is 0.478. The fourth-order valence-electron chi connectivity index (χ4n) is 4.43. The van der Waals surface area contributed by atoms with Gasteiger partial charge < -0.3 is 14.5 Å². The van der Waals surface area contributed by atoms with Crippen molar-refractivity contribution in [3.05, 3.63) is 58.3 Å². The maximum absolute atomic E-state index is 13.3. The first-order chi connectivity index (χ1) is 14.2. The lowest BCUT2D eigenvalue weighted by molar-refractivity contribution is -0.139. The molecule has 0 spiro atoms. The van der Waals surface area contributed by atoms with Crippen molar-refractivity contribution in [2.45, 2.75) is 44.2 Å². The molecule has 2 amide bonds. The van der Waals surface area contributed by atoms with Crippen molar-refractivity contribution in [2.75, 3.05) is 26.3 Å². The Morgan fingerprint density at radius 2 is 1.66 bits per heavy atom. The summed E-state index contributed by atoms with van der Waals surface area (Å²) >= 11 is 1.49. The van der Waals surface area contributed by atoms with Crippen LogP contribution in [0.15, 0.2) is 47.8 Å². The van der Waals surface area contributed by atoms with Gasteiger partial charge in [0, 0.05) is 38.4 Å². The molecule has 5 nitrogen and oxygen atoms in total. The molecule has 2 aliphatic rings. The van der Waals surface area contributed by atoms with Crippen molar-refractivity contribution in [1.82, 2.24) is 9.80 Å². The second-order valence-corrected chi connectivity index (χ2v) is 8.76. The van der Waals surface area contributed by atoms with Gasteiger partial charge in [-0.15, -0.1) is 11.3 Å². The summed E-state index contributed by atoms with van der Waals surface area (Å²) in [6.07, 6.45) is 3.92. The molecule has 0 unspecified atom stereocenters. The first-order valence-corrected chi connectivity index (χ1v) is 11.4. The van der Waals surface area contributed by atoms with Gasteiger partial charge in [0.05, 0.1) is 11.3 Å². The Morgan fingerprint density at radius 3 is 2.31 bits per heavy atom. The number of ether oxygens (including phenoxy) is 1. The van der Waals surface area contributed by atoms with E-state index >= 15 is 0 Å². The van der Waals surface area contributed by atoms with Gasteiger partial charge in [-0.2, -0.15) is 0 Å². The highest BCUT2D eigenvalue weighted by atomic mass is 32.1. The van der Waals surface area contributed by atoms with E-state index in [1.54, 1.807) is 0 Å². The Bertz CT molecular complexity index is 795. The third kappa shape index (κ3) is 4.87. The van der Waals surface area contributed by atoms with Gasteiger partial charge in [0.25, 0.3) is 5.91 Å². The van der Waals surface area contributed by atoms with Crippen LogP contribution in [0.4, 0.5) is 0 Å². The highest BCUT2D eigenvalue weighted by Gasteiger charge is 2.35. The average molecular weight is 413 g/mol. The predicted octanol–water partition coefficient (Wildman–Crippen LogP) is 3.60. The Balaban J connectivity index is 1.44. The number of amides is 2. The molecule has 0 radical (unpaired) electrons. The Labute approximate surface area is 176 Å². The van der Waals surface area contributed by atoms with E-state index in [2.05, 4.69) is 4.90 Å². The molecule has 2 aliphatic heterocycles. The third-order valence-corrected chi connectivity index (χ3v) is 6.81. The van der Waals surface area contributed by atoms with Gasteiger partial charge in [-0.1, -0.05) is 36.4 Å². The number of likely N-dealkylation sites (tertiary alicyclic amines) is 1. The molecular weight excluding hydrogens is 384 g/mol. The molecule has 0 atom stereocenters. The summed E-state index contributed by atoms with van der Waals surface area (Å²) in [6, 6.07) is 14.2. The molecule has 29 heavy (non-hydrogen) atoms. The van der Waals surface area contributed by atoms with E-state index in [1.807, 2.05) is 52.7 Å². The van der Waals surface area contributed by atoms with Crippen LogP contribution < -0.4 is 0 Å². The number of benzene rings is 1. The van der Waals surface area contributed by atoms with Crippen molar-refractivity contribution < 1.29 is 14.3 Å². The summed E-state index contributed by atoms with van der Waals surface area (Å²) < 4.78 is 5.54. The molecule has 4 rings (SSSR count). The highest BCUT2D eigenvalue weighted by molar-refractivity contribution is 7.12. The van der Waals surface area contributed by atoms with Crippen molar-refractivity contribution in [1.29, 1.82) is 0 Å². The molecular formula is C23H28N2O3S. The van der Waals surface area contributed by atoms with Crippen LogP contribution in [-0.2, 0) is 16.0 Å². The van der Waals surface area contributed by atoms with Crippen molar-refractivity contribution in [3.8, 4) is 0 Å². The lowest BCUT2D eigenvalue weighted by Gasteiger charge is -2.43. The zero-order chi connectivity index (χ0) is 20.1. The van der Waals surface area contributed by atoms with Gasteiger partial charge >= 0.3 is 0 Å². The minimum absolute atomic E-state index is 0.117. The number of carbonyl (C=O) groups excluding carboxylic acids is 2. The molecule has 3 heterocycles. The summed E-state index contributed by atoms with van der Waals surface area (Å²) in [7, 11) is 0. The number of nitrogens with zero attached hydrogens (tertiary/aromatic N) is 2. The fourth-order valence-corrected chi connectivity index (χ4v) is 5.12. The van der Waals surface area contributed by atoms with Crippen LogP contribution in [0.2, 0.25) is 0 Å². The zero-order valence-electron chi connectivity index (χ0n) is 16.7. The number of piperidine rings is 1. The number of thiophene rings is 1. The lowest BCUT2D eigenvalue weighted by atomic mass is 9.96. The Kier molecular flexibility index (Phi) is 6.62. The van der Waals surface area contributed by atoms with Crippen molar-refractivity contribution in [3.63, 3.8) is 0 Å². The summed E-state index contributed by atoms with van der Waals surface area (Å²) in [5.41, 5.74) is 1.06.